The van der Waals surface area contributed by atoms with E-state index in [1.165, 1.54) is 0 Å². The fourth-order valence-corrected chi connectivity index (χ4v) is 0.981. The molecule has 0 aromatic heterocycles. The highest BCUT2D eigenvalue weighted by molar-refractivity contribution is 5.40. The van der Waals surface area contributed by atoms with Crippen LogP contribution in [0.25, 0.3) is 0 Å². The number of rotatable bonds is 4. The molecule has 15 heavy (non-hydrogen) atoms. The molecule has 4 nitrogen and oxygen atoms in total. The number of nitro groups is 1. The fraction of sp³-hybridized carbons (Fsp3) is 0.333. The Hall–Kier alpha value is -1.72. The van der Waals surface area contributed by atoms with Gasteiger partial charge in [-0.2, -0.15) is 4.39 Å². The Bertz CT molecular complexity index is 382. The molecule has 1 aromatic carbocycles. The van der Waals surface area contributed by atoms with Gasteiger partial charge in [0.15, 0.2) is 11.6 Å². The summed E-state index contributed by atoms with van der Waals surface area (Å²) in [5, 5.41) is 10.3. The maximum absolute atomic E-state index is 13.0. The number of nitro benzene ring substituents is 1. The van der Waals surface area contributed by atoms with Crippen LogP contribution in [0, 0.1) is 21.7 Å². The largest absolute Gasteiger partial charge is 0.490 e. The minimum absolute atomic E-state index is 0.222. The van der Waals surface area contributed by atoms with E-state index >= 15 is 0 Å². The summed E-state index contributed by atoms with van der Waals surface area (Å²) in [5.74, 6) is -2.45. The molecular weight excluding hydrogens is 208 g/mol. The number of ether oxygens (including phenoxy) is 1. The van der Waals surface area contributed by atoms with Crippen molar-refractivity contribution >= 4 is 5.69 Å². The summed E-state index contributed by atoms with van der Waals surface area (Å²) in [7, 11) is 0. The van der Waals surface area contributed by atoms with Crippen LogP contribution in [0.5, 0.6) is 5.75 Å². The molecule has 0 amide bonds. The van der Waals surface area contributed by atoms with E-state index in [9.17, 15) is 18.9 Å². The quantitative estimate of drug-likeness (QED) is 0.575. The first-order valence-corrected chi connectivity index (χ1v) is 4.32. The van der Waals surface area contributed by atoms with Crippen LogP contribution < -0.4 is 4.74 Å². The van der Waals surface area contributed by atoms with Gasteiger partial charge in [-0.15, -0.1) is 0 Å². The minimum atomic E-state index is -1.21. The summed E-state index contributed by atoms with van der Waals surface area (Å²) in [4.78, 5) is 9.42. The summed E-state index contributed by atoms with van der Waals surface area (Å²) < 4.78 is 30.8. The highest BCUT2D eigenvalue weighted by atomic mass is 19.1. The van der Waals surface area contributed by atoms with Crippen molar-refractivity contribution in [3.8, 4) is 5.75 Å². The zero-order valence-corrected chi connectivity index (χ0v) is 8.00. The van der Waals surface area contributed by atoms with Gasteiger partial charge in [0.05, 0.1) is 17.6 Å². The van der Waals surface area contributed by atoms with Crippen LogP contribution in [0.3, 0.4) is 0 Å². The van der Waals surface area contributed by atoms with Gasteiger partial charge in [-0.25, -0.2) is 4.39 Å². The molecule has 0 spiro atoms. The van der Waals surface area contributed by atoms with E-state index in [1.54, 1.807) is 6.92 Å². The fourth-order valence-electron chi connectivity index (χ4n) is 0.981. The van der Waals surface area contributed by atoms with Crippen LogP contribution >= 0.6 is 0 Å². The molecule has 0 radical (unpaired) electrons. The highest BCUT2D eigenvalue weighted by Gasteiger charge is 2.19. The van der Waals surface area contributed by atoms with Gasteiger partial charge in [0.2, 0.25) is 5.82 Å². The molecule has 82 valence electrons. The summed E-state index contributed by atoms with van der Waals surface area (Å²) in [5.41, 5.74) is -0.789. The lowest BCUT2D eigenvalue weighted by molar-refractivity contribution is -0.387. The Morgan fingerprint density at radius 2 is 2.07 bits per heavy atom. The Balaban J connectivity index is 3.06. The van der Waals surface area contributed by atoms with Crippen molar-refractivity contribution in [2.24, 2.45) is 0 Å². The van der Waals surface area contributed by atoms with Crippen molar-refractivity contribution in [2.45, 2.75) is 13.3 Å². The third-order valence-electron chi connectivity index (χ3n) is 1.66. The van der Waals surface area contributed by atoms with E-state index in [2.05, 4.69) is 0 Å². The number of benzene rings is 1. The van der Waals surface area contributed by atoms with E-state index in [4.69, 9.17) is 4.74 Å². The first-order valence-electron chi connectivity index (χ1n) is 4.32. The third-order valence-corrected chi connectivity index (χ3v) is 1.66. The molecule has 0 heterocycles. The molecular formula is C9H9F2NO3. The minimum Gasteiger partial charge on any atom is -0.490 e. The second-order valence-corrected chi connectivity index (χ2v) is 2.84. The first-order chi connectivity index (χ1) is 7.06. The molecule has 1 aromatic rings. The normalized spacial score (nSPS) is 10.1. The average Bonchev–Trinajstić information content (AvgIpc) is 2.16. The van der Waals surface area contributed by atoms with Crippen molar-refractivity contribution in [1.29, 1.82) is 0 Å². The van der Waals surface area contributed by atoms with Gasteiger partial charge in [0.25, 0.3) is 0 Å². The molecule has 0 aliphatic rings. The summed E-state index contributed by atoms with van der Waals surface area (Å²) >= 11 is 0. The molecule has 0 bridgehead atoms. The van der Waals surface area contributed by atoms with Crippen molar-refractivity contribution in [3.63, 3.8) is 0 Å². The van der Waals surface area contributed by atoms with Crippen LogP contribution in [0.4, 0.5) is 14.5 Å². The lowest BCUT2D eigenvalue weighted by Gasteiger charge is -2.05. The van der Waals surface area contributed by atoms with Crippen LogP contribution in [-0.4, -0.2) is 11.5 Å². The summed E-state index contributed by atoms with van der Waals surface area (Å²) in [6.07, 6.45) is 0.630. The zero-order valence-electron chi connectivity index (χ0n) is 8.00. The van der Waals surface area contributed by atoms with E-state index in [1.807, 2.05) is 0 Å². The predicted molar refractivity (Wildman–Crippen MR) is 48.8 cm³/mol. The number of hydrogen-bond donors (Lipinski definition) is 0. The number of nitrogens with zero attached hydrogens (tertiary/aromatic N) is 1. The Kier molecular flexibility index (Phi) is 3.54. The predicted octanol–water partition coefficient (Wildman–Crippen LogP) is 2.66. The number of halogens is 2. The lowest BCUT2D eigenvalue weighted by Crippen LogP contribution is -2.00. The molecule has 0 unspecified atom stereocenters. The van der Waals surface area contributed by atoms with Crippen molar-refractivity contribution in [1.82, 2.24) is 0 Å². The van der Waals surface area contributed by atoms with E-state index in [0.717, 1.165) is 6.07 Å². The summed E-state index contributed by atoms with van der Waals surface area (Å²) in [6.45, 7) is 2.02. The van der Waals surface area contributed by atoms with E-state index < -0.39 is 22.2 Å². The van der Waals surface area contributed by atoms with Gasteiger partial charge in [0, 0.05) is 6.07 Å². The Labute approximate surface area is 84.6 Å². The molecule has 0 aliphatic heterocycles. The molecule has 0 aliphatic carbocycles. The van der Waals surface area contributed by atoms with Gasteiger partial charge < -0.3 is 4.74 Å². The standard InChI is InChI=1S/C9H9F2NO3/c1-2-3-15-9-5-8(12(13)14)6(10)4-7(9)11/h4-5H,2-3H2,1H3. The second kappa shape index (κ2) is 4.68. The number of hydrogen-bond acceptors (Lipinski definition) is 3. The van der Waals surface area contributed by atoms with Gasteiger partial charge in [0.1, 0.15) is 0 Å². The topological polar surface area (TPSA) is 52.4 Å². The van der Waals surface area contributed by atoms with Crippen LogP contribution in [0.15, 0.2) is 12.1 Å². The molecule has 0 atom stereocenters. The van der Waals surface area contributed by atoms with E-state index in [0.29, 0.717) is 12.5 Å². The second-order valence-electron chi connectivity index (χ2n) is 2.84. The van der Waals surface area contributed by atoms with Crippen molar-refractivity contribution in [2.75, 3.05) is 6.61 Å². The molecule has 0 fully saturated rings. The van der Waals surface area contributed by atoms with Gasteiger partial charge >= 0.3 is 5.69 Å². The maximum Gasteiger partial charge on any atom is 0.308 e. The monoisotopic (exact) mass is 217 g/mol. The maximum atomic E-state index is 13.0. The van der Waals surface area contributed by atoms with Crippen LogP contribution in [0.1, 0.15) is 13.3 Å². The van der Waals surface area contributed by atoms with Gasteiger partial charge in [-0.1, -0.05) is 6.92 Å². The highest BCUT2D eigenvalue weighted by Crippen LogP contribution is 2.26. The summed E-state index contributed by atoms with van der Waals surface area (Å²) in [6, 6.07) is 1.20. The van der Waals surface area contributed by atoms with Crippen molar-refractivity contribution < 1.29 is 18.4 Å². The zero-order chi connectivity index (χ0) is 11.4. The smallest absolute Gasteiger partial charge is 0.308 e. The average molecular weight is 217 g/mol. The lowest BCUT2D eigenvalue weighted by atomic mass is 10.3. The SMILES string of the molecule is CCCOc1cc([N+](=O)[O-])c(F)cc1F. The molecule has 0 saturated heterocycles. The van der Waals surface area contributed by atoms with Gasteiger partial charge in [-0.05, 0) is 6.42 Å². The molecule has 0 N–H and O–H groups in total. The van der Waals surface area contributed by atoms with E-state index in [-0.39, 0.29) is 12.4 Å². The molecule has 1 rings (SSSR count). The molecule has 6 heteroatoms. The first kappa shape index (κ1) is 11.4. The molecule has 0 saturated carbocycles. The third kappa shape index (κ3) is 2.61. The van der Waals surface area contributed by atoms with Crippen LogP contribution in [0.2, 0.25) is 0 Å². The van der Waals surface area contributed by atoms with Gasteiger partial charge in [-0.3, -0.25) is 10.1 Å². The Morgan fingerprint density at radius 3 is 2.60 bits per heavy atom. The van der Waals surface area contributed by atoms with Crippen LogP contribution in [-0.2, 0) is 0 Å². The Morgan fingerprint density at radius 1 is 1.40 bits per heavy atom. The van der Waals surface area contributed by atoms with Crippen molar-refractivity contribution in [3.05, 3.63) is 33.9 Å².